The van der Waals surface area contributed by atoms with Crippen LogP contribution in [0.3, 0.4) is 0 Å². The van der Waals surface area contributed by atoms with E-state index >= 15 is 0 Å². The van der Waals surface area contributed by atoms with Crippen molar-refractivity contribution in [2.75, 3.05) is 42.1 Å². The Hall–Kier alpha value is -3.40. The van der Waals surface area contributed by atoms with Crippen LogP contribution in [0.4, 0.5) is 15.8 Å². The van der Waals surface area contributed by atoms with Crippen molar-refractivity contribution in [1.82, 2.24) is 14.7 Å². The second-order valence-electron chi connectivity index (χ2n) is 7.76. The van der Waals surface area contributed by atoms with Gasteiger partial charge in [-0.2, -0.15) is 5.10 Å². The third kappa shape index (κ3) is 4.91. The Kier molecular flexibility index (Phi) is 5.88. The first kappa shape index (κ1) is 21.8. The minimum atomic E-state index is -3.32. The van der Waals surface area contributed by atoms with Crippen molar-refractivity contribution >= 4 is 27.3 Å². The number of nitrogens with one attached hydrogen (secondary N) is 1. The highest BCUT2D eigenvalue weighted by Crippen LogP contribution is 2.22. The van der Waals surface area contributed by atoms with E-state index in [1.807, 2.05) is 12.1 Å². The summed E-state index contributed by atoms with van der Waals surface area (Å²) in [4.78, 5) is 17.1. The largest absolute Gasteiger partial charge is 0.368 e. The summed E-state index contributed by atoms with van der Waals surface area (Å²) < 4.78 is 40.3. The lowest BCUT2D eigenvalue weighted by Gasteiger charge is -2.36. The highest BCUT2D eigenvalue weighted by Gasteiger charge is 2.26. The fourth-order valence-electron chi connectivity index (χ4n) is 3.74. The molecule has 0 unspecified atom stereocenters. The summed E-state index contributed by atoms with van der Waals surface area (Å²) in [5.41, 5.74) is 3.04. The molecule has 8 nitrogen and oxygen atoms in total. The van der Waals surface area contributed by atoms with Crippen LogP contribution in [0.5, 0.6) is 0 Å². The number of benzene rings is 2. The van der Waals surface area contributed by atoms with Crippen molar-refractivity contribution in [3.63, 3.8) is 0 Å². The zero-order valence-electron chi connectivity index (χ0n) is 17.8. The number of hydrogen-bond donors (Lipinski definition) is 1. The van der Waals surface area contributed by atoms with Crippen molar-refractivity contribution in [2.45, 2.75) is 6.92 Å². The van der Waals surface area contributed by atoms with E-state index in [1.54, 1.807) is 42.2 Å². The molecule has 1 saturated heterocycles. The van der Waals surface area contributed by atoms with Gasteiger partial charge in [0.25, 0.3) is 5.91 Å². The number of anilines is 2. The summed E-state index contributed by atoms with van der Waals surface area (Å²) in [5.74, 6) is -0.539. The second-order valence-corrected chi connectivity index (χ2v) is 9.51. The average molecular weight is 458 g/mol. The summed E-state index contributed by atoms with van der Waals surface area (Å²) in [6.07, 6.45) is 1.11. The first-order chi connectivity index (χ1) is 15.2. The van der Waals surface area contributed by atoms with Crippen molar-refractivity contribution in [3.05, 3.63) is 71.8 Å². The van der Waals surface area contributed by atoms with Crippen LogP contribution >= 0.6 is 0 Å². The van der Waals surface area contributed by atoms with Crippen molar-refractivity contribution < 1.29 is 17.6 Å². The Balaban J connectivity index is 1.44. The zero-order chi connectivity index (χ0) is 22.9. The quantitative estimate of drug-likeness (QED) is 0.637. The second kappa shape index (κ2) is 8.62. The topological polar surface area (TPSA) is 87.5 Å². The summed E-state index contributed by atoms with van der Waals surface area (Å²) in [5, 5.41) is 4.38. The van der Waals surface area contributed by atoms with Crippen LogP contribution in [0.15, 0.2) is 54.6 Å². The van der Waals surface area contributed by atoms with Gasteiger partial charge in [-0.05, 0) is 55.5 Å². The molecule has 2 heterocycles. The molecule has 0 saturated carbocycles. The minimum absolute atomic E-state index is 0.151. The van der Waals surface area contributed by atoms with Crippen LogP contribution < -0.4 is 9.62 Å². The fraction of sp³-hybridized carbons (Fsp3) is 0.273. The molecule has 1 N–H and O–H groups in total. The number of aromatic nitrogens is 2. The molecule has 0 atom stereocenters. The average Bonchev–Trinajstić information content (AvgIpc) is 3.14. The van der Waals surface area contributed by atoms with Crippen LogP contribution in [-0.4, -0.2) is 61.4 Å². The molecule has 2 aromatic carbocycles. The van der Waals surface area contributed by atoms with Crippen LogP contribution in [-0.2, 0) is 10.0 Å². The van der Waals surface area contributed by atoms with Gasteiger partial charge in [0.05, 0.1) is 17.6 Å². The number of aryl methyl sites for hydroxylation is 1. The Morgan fingerprint density at radius 1 is 1.00 bits per heavy atom. The number of piperazine rings is 1. The fourth-order valence-corrected chi connectivity index (χ4v) is 4.30. The Labute approximate surface area is 186 Å². The van der Waals surface area contributed by atoms with Gasteiger partial charge in [0.2, 0.25) is 10.0 Å². The number of carbonyl (C=O) groups is 1. The number of halogens is 1. The number of amides is 1. The van der Waals surface area contributed by atoms with Gasteiger partial charge in [0.1, 0.15) is 11.5 Å². The molecule has 0 bridgehead atoms. The molecular formula is C22H24FN5O3S. The molecule has 1 aliphatic heterocycles. The lowest BCUT2D eigenvalue weighted by Crippen LogP contribution is -2.49. The molecular weight excluding hydrogens is 433 g/mol. The molecule has 10 heteroatoms. The maximum absolute atomic E-state index is 13.7. The Morgan fingerprint density at radius 2 is 1.69 bits per heavy atom. The van der Waals surface area contributed by atoms with E-state index in [-0.39, 0.29) is 11.7 Å². The first-order valence-corrected chi connectivity index (χ1v) is 12.0. The predicted octanol–water partition coefficient (Wildman–Crippen LogP) is 2.65. The molecule has 1 amide bonds. The van der Waals surface area contributed by atoms with Crippen molar-refractivity contribution in [1.29, 1.82) is 0 Å². The SMILES string of the molecule is Cc1cc(C(=O)N2CCN(c3ccc(NS(C)(=O)=O)cc3)CC2)n(-c2cccc(F)c2)n1. The summed E-state index contributed by atoms with van der Waals surface area (Å²) in [6.45, 7) is 4.12. The number of nitrogens with zero attached hydrogens (tertiary/aromatic N) is 4. The lowest BCUT2D eigenvalue weighted by molar-refractivity contribution is 0.0737. The molecule has 168 valence electrons. The summed E-state index contributed by atoms with van der Waals surface area (Å²) in [6, 6.07) is 14.9. The highest BCUT2D eigenvalue weighted by atomic mass is 32.2. The first-order valence-electron chi connectivity index (χ1n) is 10.1. The van der Waals surface area contributed by atoms with Crippen LogP contribution in [0, 0.1) is 12.7 Å². The maximum Gasteiger partial charge on any atom is 0.272 e. The number of sulfonamides is 1. The molecule has 1 aliphatic rings. The maximum atomic E-state index is 13.7. The standard InChI is InChI=1S/C22H24FN5O3S/c1-16-14-21(28(24-16)20-5-3-4-17(23)15-20)22(29)27-12-10-26(11-13-27)19-8-6-18(7-9-19)25-32(2,30)31/h3-9,14-15,25H,10-13H2,1-2H3. The normalized spacial score (nSPS) is 14.5. The number of carbonyl (C=O) groups excluding carboxylic acids is 1. The molecule has 1 fully saturated rings. The van der Waals surface area contributed by atoms with Gasteiger partial charge in [-0.3, -0.25) is 9.52 Å². The van der Waals surface area contributed by atoms with Crippen LogP contribution in [0.1, 0.15) is 16.2 Å². The van der Waals surface area contributed by atoms with Crippen LogP contribution in [0.25, 0.3) is 5.69 Å². The number of hydrogen-bond acceptors (Lipinski definition) is 5. The van der Waals surface area contributed by atoms with Gasteiger partial charge >= 0.3 is 0 Å². The van der Waals surface area contributed by atoms with E-state index in [2.05, 4.69) is 14.7 Å². The van der Waals surface area contributed by atoms with Gasteiger partial charge < -0.3 is 9.80 Å². The van der Waals surface area contributed by atoms with Crippen molar-refractivity contribution in [3.8, 4) is 5.69 Å². The molecule has 1 aromatic heterocycles. The molecule has 0 aliphatic carbocycles. The Morgan fingerprint density at radius 3 is 2.31 bits per heavy atom. The van der Waals surface area contributed by atoms with E-state index in [0.29, 0.717) is 48.9 Å². The monoisotopic (exact) mass is 457 g/mol. The smallest absolute Gasteiger partial charge is 0.272 e. The van der Waals surface area contributed by atoms with Gasteiger partial charge in [-0.15, -0.1) is 0 Å². The third-order valence-electron chi connectivity index (χ3n) is 5.21. The van der Waals surface area contributed by atoms with E-state index < -0.39 is 10.0 Å². The van der Waals surface area contributed by atoms with E-state index in [0.717, 1.165) is 11.9 Å². The molecule has 0 spiro atoms. The van der Waals surface area contributed by atoms with Gasteiger partial charge in [-0.1, -0.05) is 6.07 Å². The zero-order valence-corrected chi connectivity index (χ0v) is 18.6. The molecule has 3 aromatic rings. The Bertz CT molecular complexity index is 1230. The predicted molar refractivity (Wildman–Crippen MR) is 121 cm³/mol. The third-order valence-corrected chi connectivity index (χ3v) is 5.81. The number of rotatable bonds is 5. The van der Waals surface area contributed by atoms with Crippen molar-refractivity contribution in [2.24, 2.45) is 0 Å². The molecule has 32 heavy (non-hydrogen) atoms. The summed E-state index contributed by atoms with van der Waals surface area (Å²) >= 11 is 0. The van der Waals surface area contributed by atoms with E-state index in [1.165, 1.54) is 16.8 Å². The lowest BCUT2D eigenvalue weighted by atomic mass is 10.2. The van der Waals surface area contributed by atoms with Gasteiger partial charge in [0, 0.05) is 37.6 Å². The minimum Gasteiger partial charge on any atom is -0.368 e. The highest BCUT2D eigenvalue weighted by molar-refractivity contribution is 7.92. The summed E-state index contributed by atoms with van der Waals surface area (Å²) in [7, 11) is -3.32. The molecule has 0 radical (unpaired) electrons. The van der Waals surface area contributed by atoms with E-state index in [9.17, 15) is 17.6 Å². The molecule has 4 rings (SSSR count). The van der Waals surface area contributed by atoms with Crippen LogP contribution in [0.2, 0.25) is 0 Å². The van der Waals surface area contributed by atoms with E-state index in [4.69, 9.17) is 0 Å². The van der Waals surface area contributed by atoms with Gasteiger partial charge in [0.15, 0.2) is 0 Å². The van der Waals surface area contributed by atoms with Gasteiger partial charge in [-0.25, -0.2) is 17.5 Å².